The van der Waals surface area contributed by atoms with E-state index in [9.17, 15) is 30.3 Å². The molecule has 1 aliphatic rings. The molecule has 4 aromatic rings. The molecule has 13 heteroatoms. The van der Waals surface area contributed by atoms with E-state index in [4.69, 9.17) is 23.7 Å². The summed E-state index contributed by atoms with van der Waals surface area (Å²) in [4.78, 5) is 14.7. The minimum Gasteiger partial charge on any atom is -0.493 e. The predicted octanol–water partition coefficient (Wildman–Crippen LogP) is 1.01. The van der Waals surface area contributed by atoms with Gasteiger partial charge < -0.3 is 59.5 Å². The number of carboxylic acid groups (broad SMARTS) is 1. The SMILES string of the molecule is COc1ccc(O[C@@H]2O[C@H](C(=O)O)[C@@H](O)[C@H](O)[C@H]2O)cc1OCCNCC(O)COc1cccc2[nH]c3ccccc3c12. The van der Waals surface area contributed by atoms with Gasteiger partial charge >= 0.3 is 5.97 Å². The molecule has 1 aromatic heterocycles. The molecule has 0 bridgehead atoms. The van der Waals surface area contributed by atoms with E-state index in [-0.39, 0.29) is 31.3 Å². The van der Waals surface area contributed by atoms with Crippen molar-refractivity contribution >= 4 is 27.8 Å². The normalized spacial score (nSPS) is 22.8. The maximum absolute atomic E-state index is 11.3. The van der Waals surface area contributed by atoms with Crippen molar-refractivity contribution in [3.63, 3.8) is 0 Å². The zero-order valence-corrected chi connectivity index (χ0v) is 23.3. The van der Waals surface area contributed by atoms with Crippen LogP contribution in [0, 0.1) is 0 Å². The van der Waals surface area contributed by atoms with Crippen molar-refractivity contribution in [3.05, 3.63) is 60.7 Å². The maximum Gasteiger partial charge on any atom is 0.335 e. The van der Waals surface area contributed by atoms with Crippen LogP contribution in [0.5, 0.6) is 23.0 Å². The highest BCUT2D eigenvalue weighted by atomic mass is 16.7. The monoisotopic (exact) mass is 598 g/mol. The Balaban J connectivity index is 1.10. The number of aliphatic carboxylic acids is 1. The Kier molecular flexibility index (Phi) is 9.50. The van der Waals surface area contributed by atoms with Gasteiger partial charge in [0.05, 0.1) is 12.6 Å². The number of carbonyl (C=O) groups is 1. The zero-order chi connectivity index (χ0) is 30.5. The summed E-state index contributed by atoms with van der Waals surface area (Å²) >= 11 is 0. The van der Waals surface area contributed by atoms with Gasteiger partial charge in [-0.1, -0.05) is 24.3 Å². The quantitative estimate of drug-likeness (QED) is 0.108. The molecule has 0 saturated carbocycles. The average molecular weight is 599 g/mol. The highest BCUT2D eigenvalue weighted by Gasteiger charge is 2.48. The fourth-order valence-electron chi connectivity index (χ4n) is 4.86. The molecular formula is C30H34N2O11. The average Bonchev–Trinajstić information content (AvgIpc) is 3.39. The molecule has 7 N–H and O–H groups in total. The van der Waals surface area contributed by atoms with E-state index in [0.29, 0.717) is 18.0 Å². The van der Waals surface area contributed by atoms with Crippen molar-refractivity contribution in [3.8, 4) is 23.0 Å². The molecule has 0 amide bonds. The Morgan fingerprint density at radius 3 is 2.53 bits per heavy atom. The van der Waals surface area contributed by atoms with E-state index in [1.165, 1.54) is 19.2 Å². The number of benzene rings is 3. The van der Waals surface area contributed by atoms with E-state index in [1.807, 2.05) is 42.5 Å². The summed E-state index contributed by atoms with van der Waals surface area (Å²) in [6.07, 6.45) is -9.44. The fraction of sp³-hybridized carbons (Fsp3) is 0.367. The minimum absolute atomic E-state index is 0.0865. The van der Waals surface area contributed by atoms with Gasteiger partial charge in [-0.2, -0.15) is 0 Å². The lowest BCUT2D eigenvalue weighted by atomic mass is 9.99. The van der Waals surface area contributed by atoms with Gasteiger partial charge in [0, 0.05) is 35.4 Å². The Labute approximate surface area is 246 Å². The summed E-state index contributed by atoms with van der Waals surface area (Å²) in [5, 5.41) is 54.9. The molecule has 0 aliphatic carbocycles. The van der Waals surface area contributed by atoms with Crippen LogP contribution in [0.4, 0.5) is 0 Å². The number of fused-ring (bicyclic) bond motifs is 3. The van der Waals surface area contributed by atoms with Gasteiger partial charge in [-0.3, -0.25) is 0 Å². The second-order valence-corrected chi connectivity index (χ2v) is 10.0. The molecule has 1 fully saturated rings. The van der Waals surface area contributed by atoms with Crippen LogP contribution in [-0.2, 0) is 9.53 Å². The highest BCUT2D eigenvalue weighted by molar-refractivity contribution is 6.10. The summed E-state index contributed by atoms with van der Waals surface area (Å²) in [7, 11) is 1.46. The van der Waals surface area contributed by atoms with E-state index >= 15 is 0 Å². The molecule has 6 atom stereocenters. The lowest BCUT2D eigenvalue weighted by Crippen LogP contribution is -2.61. The molecular weight excluding hydrogens is 564 g/mol. The lowest BCUT2D eigenvalue weighted by Gasteiger charge is -2.38. The van der Waals surface area contributed by atoms with Gasteiger partial charge in [0.2, 0.25) is 6.29 Å². The Hall–Kier alpha value is -4.11. The Morgan fingerprint density at radius 1 is 0.953 bits per heavy atom. The summed E-state index contributed by atoms with van der Waals surface area (Å²) in [5.41, 5.74) is 1.96. The number of H-pyrrole nitrogens is 1. The van der Waals surface area contributed by atoms with Crippen molar-refractivity contribution in [2.45, 2.75) is 36.8 Å². The summed E-state index contributed by atoms with van der Waals surface area (Å²) in [6.45, 7) is 0.904. The van der Waals surface area contributed by atoms with E-state index < -0.39 is 42.8 Å². The largest absolute Gasteiger partial charge is 0.493 e. The lowest BCUT2D eigenvalue weighted by molar-refractivity contribution is -0.271. The molecule has 1 unspecified atom stereocenters. The molecule has 230 valence electrons. The van der Waals surface area contributed by atoms with Crippen molar-refractivity contribution in [2.75, 3.05) is 33.4 Å². The first-order valence-electron chi connectivity index (χ1n) is 13.7. The van der Waals surface area contributed by atoms with E-state index in [1.54, 1.807) is 6.07 Å². The van der Waals surface area contributed by atoms with Crippen LogP contribution in [0.2, 0.25) is 0 Å². The van der Waals surface area contributed by atoms with Crippen LogP contribution in [0.15, 0.2) is 60.7 Å². The summed E-state index contributed by atoms with van der Waals surface area (Å²) in [5.74, 6) is -0.0174. The second-order valence-electron chi connectivity index (χ2n) is 10.0. The number of hydrogen-bond acceptors (Lipinski definition) is 11. The molecule has 2 heterocycles. The molecule has 1 saturated heterocycles. The summed E-state index contributed by atoms with van der Waals surface area (Å²) < 4.78 is 27.8. The minimum atomic E-state index is -1.83. The number of aliphatic hydroxyl groups excluding tert-OH is 4. The van der Waals surface area contributed by atoms with Crippen molar-refractivity contribution < 1.29 is 54.0 Å². The number of rotatable bonds is 13. The predicted molar refractivity (Wildman–Crippen MR) is 154 cm³/mol. The molecule has 5 rings (SSSR count). The number of carboxylic acids is 1. The third kappa shape index (κ3) is 6.77. The number of para-hydroxylation sites is 1. The highest BCUT2D eigenvalue weighted by Crippen LogP contribution is 2.34. The number of aromatic amines is 1. The number of methoxy groups -OCH3 is 1. The van der Waals surface area contributed by atoms with Gasteiger partial charge in [0.1, 0.15) is 49.1 Å². The zero-order valence-electron chi connectivity index (χ0n) is 23.3. The van der Waals surface area contributed by atoms with Gasteiger partial charge in [-0.25, -0.2) is 4.79 Å². The molecule has 0 spiro atoms. The molecule has 43 heavy (non-hydrogen) atoms. The molecule has 3 aromatic carbocycles. The molecule has 13 nitrogen and oxygen atoms in total. The summed E-state index contributed by atoms with van der Waals surface area (Å²) in [6, 6.07) is 18.2. The second kappa shape index (κ2) is 13.5. The van der Waals surface area contributed by atoms with Crippen molar-refractivity contribution in [1.29, 1.82) is 0 Å². The Bertz CT molecular complexity index is 1540. The van der Waals surface area contributed by atoms with Crippen LogP contribution in [0.1, 0.15) is 0 Å². The van der Waals surface area contributed by atoms with Gasteiger partial charge in [-0.15, -0.1) is 0 Å². The van der Waals surface area contributed by atoms with Gasteiger partial charge in [-0.05, 0) is 30.3 Å². The number of ether oxygens (including phenoxy) is 5. The molecule has 0 radical (unpaired) electrons. The van der Waals surface area contributed by atoms with Gasteiger partial charge in [0.25, 0.3) is 0 Å². The van der Waals surface area contributed by atoms with Crippen LogP contribution in [0.25, 0.3) is 21.8 Å². The topological polar surface area (TPSA) is 192 Å². The number of aliphatic hydroxyl groups is 4. The number of nitrogens with one attached hydrogen (secondary N) is 2. The molecule has 1 aliphatic heterocycles. The number of hydrogen-bond donors (Lipinski definition) is 7. The van der Waals surface area contributed by atoms with Crippen LogP contribution in [-0.4, -0.2) is 107 Å². The van der Waals surface area contributed by atoms with Crippen molar-refractivity contribution in [1.82, 2.24) is 10.3 Å². The smallest absolute Gasteiger partial charge is 0.335 e. The number of aromatic nitrogens is 1. The van der Waals surface area contributed by atoms with Crippen LogP contribution >= 0.6 is 0 Å². The first-order chi connectivity index (χ1) is 20.8. The third-order valence-corrected chi connectivity index (χ3v) is 7.04. The first kappa shape index (κ1) is 30.4. The maximum atomic E-state index is 11.3. The van der Waals surface area contributed by atoms with Crippen molar-refractivity contribution in [2.24, 2.45) is 0 Å². The van der Waals surface area contributed by atoms with Crippen LogP contribution < -0.4 is 24.3 Å². The Morgan fingerprint density at radius 2 is 1.74 bits per heavy atom. The third-order valence-electron chi connectivity index (χ3n) is 7.04. The van der Waals surface area contributed by atoms with Gasteiger partial charge in [0.15, 0.2) is 17.6 Å². The van der Waals surface area contributed by atoms with E-state index in [0.717, 1.165) is 21.8 Å². The first-order valence-corrected chi connectivity index (χ1v) is 13.7. The fourth-order valence-corrected chi connectivity index (χ4v) is 4.86. The van der Waals surface area contributed by atoms with E-state index in [2.05, 4.69) is 10.3 Å². The van der Waals surface area contributed by atoms with Crippen LogP contribution in [0.3, 0.4) is 0 Å². The standard InChI is InChI=1S/C30H34N2O11/c1-39-21-10-9-17(42-30-27(36)25(34)26(35)28(43-30)29(37)38)13-23(21)40-12-11-31-14-16(33)15-41-22-8-4-7-20-24(22)18-5-2-3-6-19(18)32-20/h2-10,13,16,25-28,30-36H,11-12,14-15H2,1H3,(H,37,38)/t16?,25-,26-,27+,28-,30+/m0/s1.